The molecule has 0 aromatic carbocycles. The molecule has 0 spiro atoms. The van der Waals surface area contributed by atoms with Crippen LogP contribution in [0.3, 0.4) is 0 Å². The molecule has 3 heterocycles. The van der Waals surface area contributed by atoms with Gasteiger partial charge in [0.05, 0.1) is 6.20 Å². The molecule has 1 aliphatic heterocycles. The van der Waals surface area contributed by atoms with Gasteiger partial charge < -0.3 is 15.2 Å². The number of nitrogens with zero attached hydrogens (tertiary/aromatic N) is 4. The first kappa shape index (κ1) is 17.2. The number of aromatic amines is 1. The number of H-pyrrole nitrogens is 1. The Balaban J connectivity index is 1.54. The molecular weight excluding hydrogens is 320 g/mol. The van der Waals surface area contributed by atoms with Gasteiger partial charge in [-0.1, -0.05) is 0 Å². The zero-order chi connectivity index (χ0) is 17.6. The van der Waals surface area contributed by atoms with Gasteiger partial charge in [0.15, 0.2) is 0 Å². The van der Waals surface area contributed by atoms with Crippen LogP contribution in [-0.2, 0) is 22.6 Å². The van der Waals surface area contributed by atoms with Crippen molar-refractivity contribution < 1.29 is 9.59 Å². The lowest BCUT2D eigenvalue weighted by Crippen LogP contribution is -2.40. The Morgan fingerprint density at radius 3 is 3.04 bits per heavy atom. The summed E-state index contributed by atoms with van der Waals surface area (Å²) in [4.78, 5) is 30.0. The minimum Gasteiger partial charge on any atom is -0.368 e. The average Bonchev–Trinajstić information content (AvgIpc) is 3.26. The van der Waals surface area contributed by atoms with Crippen molar-refractivity contribution in [3.8, 4) is 0 Å². The maximum absolute atomic E-state index is 12.5. The number of rotatable bonds is 7. The lowest BCUT2D eigenvalue weighted by Gasteiger charge is -2.32. The minimum atomic E-state index is -0.387. The monoisotopic (exact) mass is 344 g/mol. The molecule has 1 fully saturated rings. The van der Waals surface area contributed by atoms with E-state index < -0.39 is 0 Å². The fraction of sp³-hybridized carbons (Fsp3) is 0.529. The quantitative estimate of drug-likeness (QED) is 0.775. The highest BCUT2D eigenvalue weighted by Gasteiger charge is 2.27. The number of nitrogens with two attached hydrogens (primary N) is 1. The van der Waals surface area contributed by atoms with E-state index in [4.69, 9.17) is 5.73 Å². The number of likely N-dealkylation sites (tertiary alicyclic amines) is 1. The fourth-order valence-corrected chi connectivity index (χ4v) is 3.41. The third kappa shape index (κ3) is 4.46. The Bertz CT molecular complexity index is 709. The first-order valence-corrected chi connectivity index (χ1v) is 8.68. The number of carbonyl (C=O) groups excluding carboxylic acids is 2. The van der Waals surface area contributed by atoms with Crippen molar-refractivity contribution in [1.29, 1.82) is 0 Å². The van der Waals surface area contributed by atoms with Crippen LogP contribution in [0.1, 0.15) is 43.0 Å². The second-order valence-corrected chi connectivity index (χ2v) is 6.52. The third-order valence-electron chi connectivity index (χ3n) is 4.62. The van der Waals surface area contributed by atoms with Crippen LogP contribution in [0.25, 0.3) is 0 Å². The van der Waals surface area contributed by atoms with Gasteiger partial charge in [-0.3, -0.25) is 14.7 Å². The zero-order valence-corrected chi connectivity index (χ0v) is 14.2. The van der Waals surface area contributed by atoms with Gasteiger partial charge in [-0.15, -0.1) is 0 Å². The summed E-state index contributed by atoms with van der Waals surface area (Å²) in [6.07, 6.45) is 11.2. The molecule has 8 heteroatoms. The highest BCUT2D eigenvalue weighted by atomic mass is 16.2. The summed E-state index contributed by atoms with van der Waals surface area (Å²) in [5.74, 6) is 0.791. The van der Waals surface area contributed by atoms with E-state index in [-0.39, 0.29) is 24.3 Å². The summed E-state index contributed by atoms with van der Waals surface area (Å²) in [5, 5.41) is 6.70. The second kappa shape index (κ2) is 7.96. The molecule has 0 aliphatic carbocycles. The van der Waals surface area contributed by atoms with Gasteiger partial charge in [0.25, 0.3) is 0 Å². The second-order valence-electron chi connectivity index (χ2n) is 6.52. The Morgan fingerprint density at radius 2 is 2.28 bits per heavy atom. The summed E-state index contributed by atoms with van der Waals surface area (Å²) in [7, 11) is 0. The number of hydrogen-bond donors (Lipinski definition) is 2. The van der Waals surface area contributed by atoms with Gasteiger partial charge in [0.1, 0.15) is 12.4 Å². The molecule has 2 aromatic rings. The lowest BCUT2D eigenvalue weighted by molar-refractivity contribution is -0.132. The van der Waals surface area contributed by atoms with Crippen LogP contribution in [0.4, 0.5) is 0 Å². The largest absolute Gasteiger partial charge is 0.368 e. The molecule has 0 saturated carbocycles. The van der Waals surface area contributed by atoms with Crippen LogP contribution in [0, 0.1) is 0 Å². The van der Waals surface area contributed by atoms with Crippen molar-refractivity contribution in [2.75, 3.05) is 13.1 Å². The van der Waals surface area contributed by atoms with Crippen molar-refractivity contribution in [3.05, 3.63) is 36.2 Å². The van der Waals surface area contributed by atoms with E-state index >= 15 is 0 Å². The number of aryl methyl sites for hydroxylation is 1. The smallest absolute Gasteiger partial charge is 0.237 e. The van der Waals surface area contributed by atoms with Gasteiger partial charge in [0.2, 0.25) is 11.8 Å². The van der Waals surface area contributed by atoms with E-state index in [2.05, 4.69) is 15.2 Å². The molecule has 3 rings (SSSR count). The normalized spacial score (nSPS) is 17.6. The standard InChI is InChI=1S/C17H24N6O2/c18-15(24)12-23-8-6-19-17(23)14-4-2-7-22(11-14)16(25)5-1-3-13-9-20-21-10-13/h6,8-10,14H,1-5,7,11-12H2,(H2,18,24)(H,20,21). The maximum atomic E-state index is 12.5. The highest BCUT2D eigenvalue weighted by molar-refractivity contribution is 5.76. The number of nitrogens with one attached hydrogen (secondary N) is 1. The highest BCUT2D eigenvalue weighted by Crippen LogP contribution is 2.26. The van der Waals surface area contributed by atoms with Crippen molar-refractivity contribution >= 4 is 11.8 Å². The number of carbonyl (C=O) groups is 2. The molecule has 1 atom stereocenters. The Labute approximate surface area is 146 Å². The van der Waals surface area contributed by atoms with Crippen LogP contribution in [0.15, 0.2) is 24.8 Å². The van der Waals surface area contributed by atoms with Crippen molar-refractivity contribution in [2.45, 2.75) is 44.6 Å². The number of aromatic nitrogens is 4. The summed E-state index contributed by atoms with van der Waals surface area (Å²) in [6.45, 7) is 1.57. The third-order valence-corrected chi connectivity index (χ3v) is 4.62. The number of piperidine rings is 1. The molecule has 2 aromatic heterocycles. The van der Waals surface area contributed by atoms with E-state index in [1.54, 1.807) is 23.2 Å². The van der Waals surface area contributed by atoms with Gasteiger partial charge >= 0.3 is 0 Å². The fourth-order valence-electron chi connectivity index (χ4n) is 3.41. The van der Waals surface area contributed by atoms with E-state index in [9.17, 15) is 9.59 Å². The van der Waals surface area contributed by atoms with Gasteiger partial charge in [0, 0.05) is 44.0 Å². The first-order chi connectivity index (χ1) is 12.1. The first-order valence-electron chi connectivity index (χ1n) is 8.68. The molecule has 134 valence electrons. The molecule has 3 N–H and O–H groups in total. The maximum Gasteiger partial charge on any atom is 0.237 e. The van der Waals surface area contributed by atoms with Gasteiger partial charge in [-0.05, 0) is 31.2 Å². The average molecular weight is 344 g/mol. The topological polar surface area (TPSA) is 110 Å². The molecule has 0 bridgehead atoms. The molecule has 25 heavy (non-hydrogen) atoms. The SMILES string of the molecule is NC(=O)Cn1ccnc1C1CCCN(C(=O)CCCc2cn[nH]c2)C1. The number of amides is 2. The molecule has 0 radical (unpaired) electrons. The molecular formula is C17H24N6O2. The summed E-state index contributed by atoms with van der Waals surface area (Å²) < 4.78 is 1.79. The molecule has 8 nitrogen and oxygen atoms in total. The van der Waals surface area contributed by atoms with Crippen LogP contribution in [-0.4, -0.2) is 49.6 Å². The van der Waals surface area contributed by atoms with Crippen LogP contribution < -0.4 is 5.73 Å². The number of imidazole rings is 1. The molecule has 2 amide bonds. The minimum absolute atomic E-state index is 0.129. The summed E-state index contributed by atoms with van der Waals surface area (Å²) in [6, 6.07) is 0. The Kier molecular flexibility index (Phi) is 5.47. The van der Waals surface area contributed by atoms with Crippen molar-refractivity contribution in [1.82, 2.24) is 24.6 Å². The van der Waals surface area contributed by atoms with Crippen molar-refractivity contribution in [2.24, 2.45) is 5.73 Å². The zero-order valence-electron chi connectivity index (χ0n) is 14.2. The van der Waals surface area contributed by atoms with Gasteiger partial charge in [-0.2, -0.15) is 5.10 Å². The van der Waals surface area contributed by atoms with Crippen molar-refractivity contribution in [3.63, 3.8) is 0 Å². The summed E-state index contributed by atoms with van der Waals surface area (Å²) >= 11 is 0. The van der Waals surface area contributed by atoms with E-state index in [0.717, 1.165) is 43.6 Å². The number of hydrogen-bond acceptors (Lipinski definition) is 4. The summed E-state index contributed by atoms with van der Waals surface area (Å²) in [5.41, 5.74) is 6.42. The van der Waals surface area contributed by atoms with E-state index in [0.29, 0.717) is 13.0 Å². The van der Waals surface area contributed by atoms with Crippen LogP contribution >= 0.6 is 0 Å². The predicted octanol–water partition coefficient (Wildman–Crippen LogP) is 0.820. The van der Waals surface area contributed by atoms with Gasteiger partial charge in [-0.25, -0.2) is 4.98 Å². The van der Waals surface area contributed by atoms with E-state index in [1.165, 1.54) is 0 Å². The Morgan fingerprint density at radius 1 is 1.40 bits per heavy atom. The molecule has 1 unspecified atom stereocenters. The number of primary amides is 1. The Hall–Kier alpha value is -2.64. The van der Waals surface area contributed by atoms with Crippen LogP contribution in [0.5, 0.6) is 0 Å². The molecule has 1 aliphatic rings. The predicted molar refractivity (Wildman–Crippen MR) is 91.5 cm³/mol. The van der Waals surface area contributed by atoms with E-state index in [1.807, 2.05) is 11.1 Å². The van der Waals surface area contributed by atoms with Crippen LogP contribution in [0.2, 0.25) is 0 Å². The lowest BCUT2D eigenvalue weighted by atomic mass is 9.96. The molecule has 1 saturated heterocycles.